The van der Waals surface area contributed by atoms with Gasteiger partial charge in [0, 0.05) is 57.2 Å². The monoisotopic (exact) mass is 348 g/mol. The van der Waals surface area contributed by atoms with Crippen molar-refractivity contribution in [3.63, 3.8) is 0 Å². The molecule has 1 amide bonds. The van der Waals surface area contributed by atoms with Crippen LogP contribution in [0, 0.1) is 5.92 Å². The van der Waals surface area contributed by atoms with E-state index in [-0.39, 0.29) is 19.0 Å². The first kappa shape index (κ1) is 17.4. The molecular formula is C16H24N6O3. The number of amides is 1. The van der Waals surface area contributed by atoms with Gasteiger partial charge in [-0.1, -0.05) is 0 Å². The average Bonchev–Trinajstić information content (AvgIpc) is 3.15. The number of hydrogen-bond acceptors (Lipinski definition) is 6. The predicted molar refractivity (Wildman–Crippen MR) is 90.9 cm³/mol. The van der Waals surface area contributed by atoms with Gasteiger partial charge in [0.05, 0.1) is 12.5 Å². The van der Waals surface area contributed by atoms with Crippen molar-refractivity contribution >= 4 is 17.6 Å². The molecule has 3 heterocycles. The molecule has 1 fully saturated rings. The number of carbonyl (C=O) groups excluding carboxylic acids is 1. The number of H-pyrrole nitrogens is 1. The molecule has 9 heteroatoms. The van der Waals surface area contributed by atoms with Gasteiger partial charge >= 0.3 is 5.97 Å². The molecule has 0 aliphatic carbocycles. The van der Waals surface area contributed by atoms with E-state index in [4.69, 9.17) is 0 Å². The molecule has 0 aromatic carbocycles. The first-order valence-electron chi connectivity index (χ1n) is 8.51. The largest absolute Gasteiger partial charge is 0.481 e. The highest BCUT2D eigenvalue weighted by Crippen LogP contribution is 2.14. The van der Waals surface area contributed by atoms with Crippen LogP contribution in [0.5, 0.6) is 0 Å². The van der Waals surface area contributed by atoms with Crippen molar-refractivity contribution in [2.45, 2.75) is 19.9 Å². The fourth-order valence-corrected chi connectivity index (χ4v) is 3.21. The highest BCUT2D eigenvalue weighted by atomic mass is 16.4. The van der Waals surface area contributed by atoms with Crippen LogP contribution in [0.2, 0.25) is 0 Å². The van der Waals surface area contributed by atoms with Crippen LogP contribution in [-0.4, -0.2) is 86.7 Å². The van der Waals surface area contributed by atoms with Gasteiger partial charge in [-0.2, -0.15) is 5.10 Å². The lowest BCUT2D eigenvalue weighted by molar-refractivity contribution is -0.143. The van der Waals surface area contributed by atoms with Crippen molar-refractivity contribution in [3.8, 4) is 0 Å². The predicted octanol–water partition coefficient (Wildman–Crippen LogP) is -0.164. The van der Waals surface area contributed by atoms with E-state index in [1.54, 1.807) is 22.3 Å². The molecule has 1 aromatic heterocycles. The average molecular weight is 348 g/mol. The van der Waals surface area contributed by atoms with E-state index < -0.39 is 11.9 Å². The highest BCUT2D eigenvalue weighted by molar-refractivity contribution is 5.84. The fourth-order valence-electron chi connectivity index (χ4n) is 3.21. The number of nitrogens with zero attached hydrogens (tertiary/aromatic N) is 5. The van der Waals surface area contributed by atoms with E-state index in [0.29, 0.717) is 26.2 Å². The number of hydrogen-bond donors (Lipinski definition) is 2. The van der Waals surface area contributed by atoms with Crippen molar-refractivity contribution in [3.05, 3.63) is 18.2 Å². The number of aromatic amines is 1. The molecule has 2 aliphatic rings. The fraction of sp³-hybridized carbons (Fsp3) is 0.625. The molecule has 0 unspecified atom stereocenters. The smallest absolute Gasteiger partial charge is 0.309 e. The lowest BCUT2D eigenvalue weighted by Gasteiger charge is -2.24. The number of carbonyl (C=O) groups is 2. The molecule has 0 saturated carbocycles. The molecule has 2 aliphatic heterocycles. The number of rotatable bonds is 5. The summed E-state index contributed by atoms with van der Waals surface area (Å²) in [6.45, 7) is 5.23. The topological polar surface area (TPSA) is 105 Å². The summed E-state index contributed by atoms with van der Waals surface area (Å²) in [5.41, 5.74) is 1.02. The summed E-state index contributed by atoms with van der Waals surface area (Å²) in [7, 11) is 0. The Morgan fingerprint density at radius 1 is 1.32 bits per heavy atom. The van der Waals surface area contributed by atoms with Gasteiger partial charge in [0.25, 0.3) is 0 Å². The van der Waals surface area contributed by atoms with Crippen LogP contribution in [0.1, 0.15) is 19.2 Å². The minimum absolute atomic E-state index is 0.0652. The van der Waals surface area contributed by atoms with E-state index in [1.165, 1.54) is 0 Å². The van der Waals surface area contributed by atoms with Crippen LogP contribution in [0.25, 0.3) is 0 Å². The summed E-state index contributed by atoms with van der Waals surface area (Å²) in [6, 6.07) is 0. The normalized spacial score (nSPS) is 22.0. The van der Waals surface area contributed by atoms with Gasteiger partial charge < -0.3 is 15.0 Å². The van der Waals surface area contributed by atoms with E-state index >= 15 is 0 Å². The molecule has 1 atom stereocenters. The molecule has 136 valence electrons. The Morgan fingerprint density at radius 3 is 2.80 bits per heavy atom. The van der Waals surface area contributed by atoms with Crippen LogP contribution >= 0.6 is 0 Å². The molecule has 0 spiro atoms. The van der Waals surface area contributed by atoms with Gasteiger partial charge in [0.2, 0.25) is 5.91 Å². The van der Waals surface area contributed by atoms with E-state index in [0.717, 1.165) is 24.5 Å². The quantitative estimate of drug-likeness (QED) is 0.766. The third kappa shape index (κ3) is 4.56. The summed E-state index contributed by atoms with van der Waals surface area (Å²) in [5, 5.41) is 15.6. The van der Waals surface area contributed by atoms with Crippen molar-refractivity contribution in [2.24, 2.45) is 11.0 Å². The van der Waals surface area contributed by atoms with Crippen LogP contribution in [0.3, 0.4) is 0 Å². The molecule has 1 aromatic rings. The molecule has 0 radical (unpaired) electrons. The second-order valence-corrected chi connectivity index (χ2v) is 6.62. The number of carboxylic acids is 1. The maximum Gasteiger partial charge on any atom is 0.309 e. The Kier molecular flexibility index (Phi) is 5.32. The van der Waals surface area contributed by atoms with Crippen LogP contribution in [0.15, 0.2) is 17.5 Å². The number of aromatic nitrogens is 2. The van der Waals surface area contributed by atoms with Gasteiger partial charge in [-0.05, 0) is 6.92 Å². The molecule has 9 nitrogen and oxygen atoms in total. The number of hydrazone groups is 1. The number of nitrogens with one attached hydrogen (secondary N) is 1. The zero-order valence-corrected chi connectivity index (χ0v) is 14.4. The van der Waals surface area contributed by atoms with E-state index in [9.17, 15) is 14.7 Å². The lowest BCUT2D eigenvalue weighted by Crippen LogP contribution is -2.42. The first-order valence-corrected chi connectivity index (χ1v) is 8.51. The molecule has 2 N–H and O–H groups in total. The minimum atomic E-state index is -0.876. The number of aliphatic carboxylic acids is 1. The summed E-state index contributed by atoms with van der Waals surface area (Å²) in [5.74, 6) is -0.750. The molecule has 0 bridgehead atoms. The second-order valence-electron chi connectivity index (χ2n) is 6.62. The van der Waals surface area contributed by atoms with Crippen LogP contribution in [0.4, 0.5) is 0 Å². The third-order valence-electron chi connectivity index (χ3n) is 4.60. The summed E-state index contributed by atoms with van der Waals surface area (Å²) < 4.78 is 0. The van der Waals surface area contributed by atoms with Gasteiger partial charge in [-0.25, -0.2) is 4.98 Å². The minimum Gasteiger partial charge on any atom is -0.481 e. The van der Waals surface area contributed by atoms with Crippen molar-refractivity contribution in [1.82, 2.24) is 24.8 Å². The number of imidazole rings is 1. The number of carboxylic acid groups (broad SMARTS) is 1. The van der Waals surface area contributed by atoms with Crippen LogP contribution < -0.4 is 0 Å². The summed E-state index contributed by atoms with van der Waals surface area (Å²) in [4.78, 5) is 35.1. The zero-order valence-electron chi connectivity index (χ0n) is 14.4. The Bertz CT molecular complexity index is 644. The standard InChI is InChI=1S/C16H24N6O3/c1-12-2-5-22(19-12)11-15(23)21-7-6-20(8-13(9-21)16(24)25)10-14-17-3-4-18-14/h3-4,13H,2,5-11H2,1H3,(H,17,18)(H,24,25)/t13-/m0/s1. The second kappa shape index (κ2) is 7.64. The molecule has 3 rings (SSSR count). The van der Waals surface area contributed by atoms with E-state index in [2.05, 4.69) is 15.1 Å². The van der Waals surface area contributed by atoms with Crippen LogP contribution in [-0.2, 0) is 16.1 Å². The van der Waals surface area contributed by atoms with Gasteiger partial charge in [-0.15, -0.1) is 0 Å². The summed E-state index contributed by atoms with van der Waals surface area (Å²) in [6.07, 6.45) is 4.30. The molecule has 1 saturated heterocycles. The molecular weight excluding hydrogens is 324 g/mol. The maximum absolute atomic E-state index is 12.6. The Hall–Kier alpha value is -2.42. The van der Waals surface area contributed by atoms with E-state index in [1.807, 2.05) is 11.8 Å². The van der Waals surface area contributed by atoms with Gasteiger partial charge in [0.15, 0.2) is 0 Å². The first-order chi connectivity index (χ1) is 12.0. The molecule has 25 heavy (non-hydrogen) atoms. The highest BCUT2D eigenvalue weighted by Gasteiger charge is 2.31. The Balaban J connectivity index is 1.62. The van der Waals surface area contributed by atoms with Gasteiger partial charge in [0.1, 0.15) is 12.4 Å². The summed E-state index contributed by atoms with van der Waals surface area (Å²) >= 11 is 0. The third-order valence-corrected chi connectivity index (χ3v) is 4.60. The maximum atomic E-state index is 12.6. The van der Waals surface area contributed by atoms with Gasteiger partial charge in [-0.3, -0.25) is 19.5 Å². The SMILES string of the molecule is CC1=NN(CC(=O)N2CCN(Cc3ncc[nH]3)C[C@H](C(=O)O)C2)CC1. The Labute approximate surface area is 146 Å². The van der Waals surface area contributed by atoms with Crippen molar-refractivity contribution < 1.29 is 14.7 Å². The van der Waals surface area contributed by atoms with Crippen molar-refractivity contribution in [2.75, 3.05) is 39.3 Å². The van der Waals surface area contributed by atoms with Crippen molar-refractivity contribution in [1.29, 1.82) is 0 Å². The Morgan fingerprint density at radius 2 is 2.16 bits per heavy atom. The lowest BCUT2D eigenvalue weighted by atomic mass is 10.1. The zero-order chi connectivity index (χ0) is 17.8.